The van der Waals surface area contributed by atoms with Gasteiger partial charge in [0.15, 0.2) is 5.78 Å². The lowest BCUT2D eigenvalue weighted by Gasteiger charge is -2.21. The molecule has 4 rings (SSSR count). The van der Waals surface area contributed by atoms with Crippen LogP contribution in [0.15, 0.2) is 75.2 Å². The average molecular weight is 512 g/mol. The van der Waals surface area contributed by atoms with Crippen molar-refractivity contribution in [3.05, 3.63) is 97.4 Å². The van der Waals surface area contributed by atoms with Crippen molar-refractivity contribution < 1.29 is 15.0 Å². The van der Waals surface area contributed by atoms with Gasteiger partial charge in [0, 0.05) is 17.6 Å². The fraction of sp³-hybridized carbons (Fsp3) is 0.0417. The van der Waals surface area contributed by atoms with Crippen molar-refractivity contribution >= 4 is 55.4 Å². The SMILES string of the molecule is O=C1/C(=C/c2ccc(O)c(Br)c2)Cc2ccccc2/C1=C\c1ccc(O)c(Br)c1. The maximum Gasteiger partial charge on any atom is 0.189 e. The van der Waals surface area contributed by atoms with E-state index in [0.29, 0.717) is 26.5 Å². The molecule has 5 heteroatoms. The van der Waals surface area contributed by atoms with Crippen molar-refractivity contribution in [3.63, 3.8) is 0 Å². The third-order valence-corrected chi connectivity index (χ3v) is 6.09. The van der Waals surface area contributed by atoms with Crippen LogP contribution in [0.3, 0.4) is 0 Å². The molecule has 0 spiro atoms. The summed E-state index contributed by atoms with van der Waals surface area (Å²) >= 11 is 6.65. The first-order chi connectivity index (χ1) is 13.9. The molecule has 144 valence electrons. The number of allylic oxidation sites excluding steroid dienone is 2. The lowest BCUT2D eigenvalue weighted by Crippen LogP contribution is -2.15. The van der Waals surface area contributed by atoms with Gasteiger partial charge in [0.25, 0.3) is 0 Å². The Morgan fingerprint density at radius 1 is 0.793 bits per heavy atom. The third-order valence-electron chi connectivity index (χ3n) is 4.82. The van der Waals surface area contributed by atoms with Gasteiger partial charge in [0.05, 0.1) is 8.95 Å². The summed E-state index contributed by atoms with van der Waals surface area (Å²) in [5.41, 5.74) is 4.97. The molecule has 0 atom stereocenters. The minimum absolute atomic E-state index is 0.0305. The zero-order valence-corrected chi connectivity index (χ0v) is 18.4. The molecule has 2 N–H and O–H groups in total. The molecule has 0 radical (unpaired) electrons. The molecule has 0 saturated carbocycles. The Balaban J connectivity index is 1.82. The molecule has 3 aromatic carbocycles. The standard InChI is InChI=1S/C24H16Br2O3/c25-20-11-14(5-7-22(20)27)9-17-13-16-3-1-2-4-18(16)19(24(17)29)10-15-6-8-23(28)21(26)12-15/h1-12,27-28H,13H2/b17-9+,19-10+. The molecule has 0 fully saturated rings. The smallest absolute Gasteiger partial charge is 0.189 e. The zero-order chi connectivity index (χ0) is 20.5. The summed E-state index contributed by atoms with van der Waals surface area (Å²) in [5.74, 6) is 0.282. The molecule has 1 aliphatic carbocycles. The summed E-state index contributed by atoms with van der Waals surface area (Å²) in [5, 5.41) is 19.5. The van der Waals surface area contributed by atoms with E-state index in [2.05, 4.69) is 31.9 Å². The van der Waals surface area contributed by atoms with Gasteiger partial charge in [-0.25, -0.2) is 0 Å². The normalized spacial score (nSPS) is 16.3. The number of carbonyl (C=O) groups is 1. The van der Waals surface area contributed by atoms with Gasteiger partial charge in [-0.05, 0) is 90.5 Å². The Morgan fingerprint density at radius 3 is 2.00 bits per heavy atom. The van der Waals surface area contributed by atoms with Gasteiger partial charge in [-0.2, -0.15) is 0 Å². The number of phenols is 2. The van der Waals surface area contributed by atoms with E-state index >= 15 is 0 Å². The van der Waals surface area contributed by atoms with Gasteiger partial charge >= 0.3 is 0 Å². The van der Waals surface area contributed by atoms with Crippen molar-refractivity contribution in [3.8, 4) is 11.5 Å². The lowest BCUT2D eigenvalue weighted by atomic mass is 9.81. The molecule has 0 aliphatic heterocycles. The molecule has 3 nitrogen and oxygen atoms in total. The second-order valence-electron chi connectivity index (χ2n) is 6.81. The molecular formula is C24H16Br2O3. The van der Waals surface area contributed by atoms with Crippen molar-refractivity contribution in [1.29, 1.82) is 0 Å². The molecule has 3 aromatic rings. The number of rotatable bonds is 2. The zero-order valence-electron chi connectivity index (χ0n) is 15.2. The maximum atomic E-state index is 13.3. The second kappa shape index (κ2) is 8.01. The highest BCUT2D eigenvalue weighted by Gasteiger charge is 2.25. The van der Waals surface area contributed by atoms with Crippen LogP contribution >= 0.6 is 31.9 Å². The van der Waals surface area contributed by atoms with Crippen molar-refractivity contribution in [2.75, 3.05) is 0 Å². The van der Waals surface area contributed by atoms with Crippen LogP contribution in [0, 0.1) is 0 Å². The summed E-state index contributed by atoms with van der Waals surface area (Å²) in [6, 6.07) is 18.2. The largest absolute Gasteiger partial charge is 0.507 e. The maximum absolute atomic E-state index is 13.3. The van der Waals surface area contributed by atoms with Gasteiger partial charge in [0.2, 0.25) is 0 Å². The molecule has 1 aliphatic rings. The Labute approximate surface area is 185 Å². The molecule has 0 bridgehead atoms. The number of carbonyl (C=O) groups excluding carboxylic acids is 1. The Kier molecular flexibility index (Phi) is 5.43. The Morgan fingerprint density at radius 2 is 1.38 bits per heavy atom. The summed E-state index contributed by atoms with van der Waals surface area (Å²) < 4.78 is 1.16. The minimum atomic E-state index is -0.0305. The monoisotopic (exact) mass is 510 g/mol. The first kappa shape index (κ1) is 19.7. The van der Waals surface area contributed by atoms with Crippen molar-refractivity contribution in [2.45, 2.75) is 6.42 Å². The van der Waals surface area contributed by atoms with Crippen LogP contribution in [0.4, 0.5) is 0 Å². The van der Waals surface area contributed by atoms with Crippen LogP contribution < -0.4 is 0 Å². The number of benzene rings is 3. The van der Waals surface area contributed by atoms with E-state index in [0.717, 1.165) is 22.3 Å². The number of aromatic hydroxyl groups is 2. The quantitative estimate of drug-likeness (QED) is 0.393. The number of hydrogen-bond donors (Lipinski definition) is 2. The van der Waals surface area contributed by atoms with Gasteiger partial charge in [0.1, 0.15) is 11.5 Å². The van der Waals surface area contributed by atoms with E-state index in [9.17, 15) is 15.0 Å². The van der Waals surface area contributed by atoms with Crippen LogP contribution in [-0.4, -0.2) is 16.0 Å². The van der Waals surface area contributed by atoms with E-state index in [-0.39, 0.29) is 17.3 Å². The fourth-order valence-corrected chi connectivity index (χ4v) is 4.16. The Bertz CT molecular complexity index is 1190. The van der Waals surface area contributed by atoms with E-state index in [4.69, 9.17) is 0 Å². The van der Waals surface area contributed by atoms with Crippen molar-refractivity contribution in [2.24, 2.45) is 0 Å². The van der Waals surface area contributed by atoms with Gasteiger partial charge in [-0.15, -0.1) is 0 Å². The van der Waals surface area contributed by atoms with E-state index in [1.807, 2.05) is 36.4 Å². The minimum Gasteiger partial charge on any atom is -0.507 e. The molecule has 0 amide bonds. The lowest BCUT2D eigenvalue weighted by molar-refractivity contribution is -0.110. The number of halogens is 2. The van der Waals surface area contributed by atoms with Crippen LogP contribution in [0.1, 0.15) is 22.3 Å². The molecule has 0 aromatic heterocycles. The first-order valence-electron chi connectivity index (χ1n) is 8.94. The van der Waals surface area contributed by atoms with Crippen LogP contribution in [0.25, 0.3) is 17.7 Å². The number of Topliss-reactive ketones (excluding diaryl/α,β-unsaturated/α-hetero) is 1. The predicted molar refractivity (Wildman–Crippen MR) is 123 cm³/mol. The van der Waals surface area contributed by atoms with Gasteiger partial charge < -0.3 is 10.2 Å². The van der Waals surface area contributed by atoms with Gasteiger partial charge in [-0.1, -0.05) is 36.4 Å². The first-order valence-corrected chi connectivity index (χ1v) is 10.5. The number of fused-ring (bicyclic) bond motifs is 1. The molecular weight excluding hydrogens is 496 g/mol. The third kappa shape index (κ3) is 4.07. The average Bonchev–Trinajstić information content (AvgIpc) is 2.70. The number of hydrogen-bond acceptors (Lipinski definition) is 3. The topological polar surface area (TPSA) is 57.5 Å². The molecule has 0 unspecified atom stereocenters. The highest BCUT2D eigenvalue weighted by Crippen LogP contribution is 2.35. The fourth-order valence-electron chi connectivity index (χ4n) is 3.37. The predicted octanol–water partition coefficient (Wildman–Crippen LogP) is 6.37. The Hall–Kier alpha value is -2.63. The molecule has 29 heavy (non-hydrogen) atoms. The highest BCUT2D eigenvalue weighted by atomic mass is 79.9. The second-order valence-corrected chi connectivity index (χ2v) is 8.52. The molecule has 0 saturated heterocycles. The number of phenolic OH excluding ortho intramolecular Hbond substituents is 2. The summed E-state index contributed by atoms with van der Waals surface area (Å²) in [4.78, 5) is 13.3. The van der Waals surface area contributed by atoms with Gasteiger partial charge in [-0.3, -0.25) is 4.79 Å². The van der Waals surface area contributed by atoms with Crippen LogP contribution in [-0.2, 0) is 11.2 Å². The van der Waals surface area contributed by atoms with E-state index in [1.165, 1.54) is 0 Å². The summed E-state index contributed by atoms with van der Waals surface area (Å²) in [6.45, 7) is 0. The molecule has 0 heterocycles. The summed E-state index contributed by atoms with van der Waals surface area (Å²) in [6.07, 6.45) is 4.26. The van der Waals surface area contributed by atoms with Crippen LogP contribution in [0.5, 0.6) is 11.5 Å². The van der Waals surface area contributed by atoms with E-state index in [1.54, 1.807) is 36.4 Å². The highest BCUT2D eigenvalue weighted by molar-refractivity contribution is 9.10. The van der Waals surface area contributed by atoms with Crippen LogP contribution in [0.2, 0.25) is 0 Å². The number of ketones is 1. The van der Waals surface area contributed by atoms with E-state index < -0.39 is 0 Å². The summed E-state index contributed by atoms with van der Waals surface area (Å²) in [7, 11) is 0. The van der Waals surface area contributed by atoms with Crippen molar-refractivity contribution in [1.82, 2.24) is 0 Å².